The van der Waals surface area contributed by atoms with Crippen molar-refractivity contribution in [3.05, 3.63) is 38.4 Å². The van der Waals surface area contributed by atoms with Crippen molar-refractivity contribution in [1.29, 1.82) is 0 Å². The molecule has 10 nitrogen and oxygen atoms in total. The number of nitrogens with one attached hydrogen (secondary N) is 1. The second kappa shape index (κ2) is 6.16. The van der Waals surface area contributed by atoms with Gasteiger partial charge in [-0.1, -0.05) is 0 Å². The minimum Gasteiger partial charge on any atom is -0.493 e. The van der Waals surface area contributed by atoms with Crippen LogP contribution in [-0.2, 0) is 26.1 Å². The normalized spacial score (nSPS) is 13.6. The van der Waals surface area contributed by atoms with E-state index < -0.39 is 35.2 Å². The van der Waals surface area contributed by atoms with Gasteiger partial charge >= 0.3 is 11.7 Å². The molecule has 1 aliphatic heterocycles. The van der Waals surface area contributed by atoms with E-state index in [4.69, 9.17) is 19.9 Å². The number of aromatic amines is 1. The van der Waals surface area contributed by atoms with E-state index >= 15 is 0 Å². The summed E-state index contributed by atoms with van der Waals surface area (Å²) >= 11 is 0. The molecule has 0 radical (unpaired) electrons. The van der Waals surface area contributed by atoms with Gasteiger partial charge < -0.3 is 19.9 Å². The molecule has 22 heavy (non-hydrogen) atoms. The Morgan fingerprint density at radius 3 is 2.77 bits per heavy atom. The van der Waals surface area contributed by atoms with Crippen molar-refractivity contribution in [2.45, 2.75) is 0 Å². The quantitative estimate of drug-likeness (QED) is 0.493. The standard InChI is InChI=1S/C12H13N3O7/c1-15-9(13)8(10(17)14-12(15)19)6(16)4-22-11(18)7-5-20-2-3-21-7/h5H,2-4,13H2,1H3,(H,14,17,19). The molecule has 0 aliphatic carbocycles. The van der Waals surface area contributed by atoms with Gasteiger partial charge in [0.1, 0.15) is 30.9 Å². The van der Waals surface area contributed by atoms with Gasteiger partial charge in [-0.15, -0.1) is 0 Å². The van der Waals surface area contributed by atoms with E-state index in [0.717, 1.165) is 10.8 Å². The number of ether oxygens (including phenoxy) is 3. The van der Waals surface area contributed by atoms with Crippen LogP contribution in [0.2, 0.25) is 0 Å². The molecule has 0 aromatic carbocycles. The van der Waals surface area contributed by atoms with Crippen molar-refractivity contribution < 1.29 is 23.8 Å². The Kier molecular flexibility index (Phi) is 4.30. The maximum Gasteiger partial charge on any atom is 0.377 e. The molecule has 3 N–H and O–H groups in total. The van der Waals surface area contributed by atoms with Gasteiger partial charge in [-0.25, -0.2) is 9.59 Å². The zero-order chi connectivity index (χ0) is 16.3. The number of Topliss-reactive ketones (excluding diaryl/α,β-unsaturated/α-hetero) is 1. The van der Waals surface area contributed by atoms with E-state index in [-0.39, 0.29) is 18.2 Å². The number of rotatable bonds is 4. The molecular weight excluding hydrogens is 298 g/mol. The van der Waals surface area contributed by atoms with Crippen molar-refractivity contribution in [3.63, 3.8) is 0 Å². The molecule has 1 aliphatic rings. The van der Waals surface area contributed by atoms with E-state index in [1.54, 1.807) is 0 Å². The van der Waals surface area contributed by atoms with E-state index in [2.05, 4.69) is 0 Å². The van der Waals surface area contributed by atoms with Crippen molar-refractivity contribution in [3.8, 4) is 0 Å². The summed E-state index contributed by atoms with van der Waals surface area (Å²) in [6.07, 6.45) is 1.07. The second-order valence-electron chi connectivity index (χ2n) is 4.28. The van der Waals surface area contributed by atoms with Gasteiger partial charge in [0.15, 0.2) is 6.61 Å². The SMILES string of the molecule is Cn1c(N)c(C(=O)COC(=O)C2=COCCO2)c(=O)[nH]c1=O. The lowest BCUT2D eigenvalue weighted by Gasteiger charge is -2.14. The third-order valence-corrected chi connectivity index (χ3v) is 2.83. The lowest BCUT2D eigenvalue weighted by atomic mass is 10.2. The Morgan fingerprint density at radius 1 is 1.41 bits per heavy atom. The van der Waals surface area contributed by atoms with Gasteiger partial charge in [0, 0.05) is 7.05 Å². The molecule has 0 amide bonds. The van der Waals surface area contributed by atoms with Gasteiger partial charge in [-0.3, -0.25) is 19.1 Å². The van der Waals surface area contributed by atoms with Crippen molar-refractivity contribution in [2.75, 3.05) is 25.6 Å². The molecule has 1 aromatic rings. The number of esters is 1. The molecule has 118 valence electrons. The number of anilines is 1. The van der Waals surface area contributed by atoms with Gasteiger partial charge in [-0.05, 0) is 0 Å². The van der Waals surface area contributed by atoms with Crippen LogP contribution in [-0.4, -0.2) is 41.1 Å². The molecule has 0 unspecified atom stereocenters. The number of nitrogens with zero attached hydrogens (tertiary/aromatic N) is 1. The summed E-state index contributed by atoms with van der Waals surface area (Å²) in [6, 6.07) is 0. The zero-order valence-electron chi connectivity index (χ0n) is 11.6. The van der Waals surface area contributed by atoms with Crippen LogP contribution in [0.15, 0.2) is 21.6 Å². The molecule has 2 rings (SSSR count). The molecule has 0 bridgehead atoms. The van der Waals surface area contributed by atoms with Crippen LogP contribution >= 0.6 is 0 Å². The second-order valence-corrected chi connectivity index (χ2v) is 4.28. The molecular formula is C12H13N3O7. The van der Waals surface area contributed by atoms with Crippen LogP contribution in [0.25, 0.3) is 0 Å². The molecule has 2 heterocycles. The number of ketones is 1. The summed E-state index contributed by atoms with van der Waals surface area (Å²) < 4.78 is 15.5. The number of H-pyrrole nitrogens is 1. The minimum atomic E-state index is -0.946. The van der Waals surface area contributed by atoms with Crippen molar-refractivity contribution in [2.24, 2.45) is 7.05 Å². The highest BCUT2D eigenvalue weighted by Gasteiger charge is 2.22. The molecule has 0 saturated carbocycles. The Balaban J connectivity index is 2.12. The van der Waals surface area contributed by atoms with Gasteiger partial charge in [0.25, 0.3) is 5.56 Å². The highest BCUT2D eigenvalue weighted by Crippen LogP contribution is 2.08. The minimum absolute atomic E-state index is 0.179. The molecule has 0 atom stereocenters. The first kappa shape index (κ1) is 15.4. The third-order valence-electron chi connectivity index (χ3n) is 2.83. The monoisotopic (exact) mass is 311 g/mol. The maximum atomic E-state index is 12.0. The fourth-order valence-electron chi connectivity index (χ4n) is 1.66. The average molecular weight is 311 g/mol. The fraction of sp³-hybridized carbons (Fsp3) is 0.333. The molecule has 0 spiro atoms. The first-order valence-corrected chi connectivity index (χ1v) is 6.15. The largest absolute Gasteiger partial charge is 0.493 e. The lowest BCUT2D eigenvalue weighted by molar-refractivity contribution is -0.143. The Bertz CT molecular complexity index is 759. The third kappa shape index (κ3) is 3.00. The summed E-state index contributed by atoms with van der Waals surface area (Å²) in [5.41, 5.74) is 3.40. The molecule has 0 saturated heterocycles. The predicted molar refractivity (Wildman–Crippen MR) is 72.0 cm³/mol. The van der Waals surface area contributed by atoms with Crippen LogP contribution in [0.1, 0.15) is 10.4 Å². The Morgan fingerprint density at radius 2 is 2.14 bits per heavy atom. The number of hydrogen-bond donors (Lipinski definition) is 2. The topological polar surface area (TPSA) is 143 Å². The van der Waals surface area contributed by atoms with E-state index in [0.29, 0.717) is 6.61 Å². The summed E-state index contributed by atoms with van der Waals surface area (Å²) in [7, 11) is 1.29. The highest BCUT2D eigenvalue weighted by atomic mass is 16.6. The molecule has 1 aromatic heterocycles. The van der Waals surface area contributed by atoms with Crippen LogP contribution in [0.5, 0.6) is 0 Å². The first-order chi connectivity index (χ1) is 10.4. The van der Waals surface area contributed by atoms with E-state index in [1.807, 2.05) is 4.98 Å². The van der Waals surface area contributed by atoms with Gasteiger partial charge in [0.2, 0.25) is 11.5 Å². The smallest absolute Gasteiger partial charge is 0.377 e. The Labute approximate surface area is 123 Å². The number of hydrogen-bond acceptors (Lipinski definition) is 8. The van der Waals surface area contributed by atoms with E-state index in [9.17, 15) is 19.2 Å². The summed E-state index contributed by atoms with van der Waals surface area (Å²) in [4.78, 5) is 48.4. The van der Waals surface area contributed by atoms with Crippen molar-refractivity contribution >= 4 is 17.6 Å². The van der Waals surface area contributed by atoms with Gasteiger partial charge in [0.05, 0.1) is 0 Å². The van der Waals surface area contributed by atoms with Crippen LogP contribution in [0, 0.1) is 0 Å². The highest BCUT2D eigenvalue weighted by molar-refractivity contribution is 6.01. The maximum absolute atomic E-state index is 12.0. The number of nitrogens with two attached hydrogens (primary N) is 1. The number of nitrogen functional groups attached to an aromatic ring is 1. The number of carbonyl (C=O) groups is 2. The molecule has 10 heteroatoms. The lowest BCUT2D eigenvalue weighted by Crippen LogP contribution is -2.36. The summed E-state index contributed by atoms with van der Waals surface area (Å²) in [5, 5.41) is 0. The average Bonchev–Trinajstić information content (AvgIpc) is 2.51. The first-order valence-electron chi connectivity index (χ1n) is 6.15. The molecule has 0 fully saturated rings. The van der Waals surface area contributed by atoms with Crippen LogP contribution < -0.4 is 17.0 Å². The Hall–Kier alpha value is -3.04. The summed E-state index contributed by atoms with van der Waals surface area (Å²) in [5.74, 6) is -2.25. The van der Waals surface area contributed by atoms with Gasteiger partial charge in [-0.2, -0.15) is 0 Å². The zero-order valence-corrected chi connectivity index (χ0v) is 11.6. The number of aromatic nitrogens is 2. The van der Waals surface area contributed by atoms with Crippen LogP contribution in [0.4, 0.5) is 5.82 Å². The predicted octanol–water partition coefficient (Wildman–Crippen LogP) is -1.73. The fourth-order valence-corrected chi connectivity index (χ4v) is 1.66. The summed E-state index contributed by atoms with van der Waals surface area (Å²) in [6.45, 7) is -0.243. The van der Waals surface area contributed by atoms with Crippen LogP contribution in [0.3, 0.4) is 0 Å². The number of carbonyl (C=O) groups excluding carboxylic acids is 2. The van der Waals surface area contributed by atoms with E-state index in [1.165, 1.54) is 7.05 Å². The van der Waals surface area contributed by atoms with Crippen molar-refractivity contribution in [1.82, 2.24) is 9.55 Å².